The first-order chi connectivity index (χ1) is 14.0. The van der Waals surface area contributed by atoms with Crippen molar-refractivity contribution in [2.75, 3.05) is 27.2 Å². The summed E-state index contributed by atoms with van der Waals surface area (Å²) in [5.41, 5.74) is 2.55. The van der Waals surface area contributed by atoms with Crippen molar-refractivity contribution in [1.82, 2.24) is 20.0 Å². The average Bonchev–Trinajstić information content (AvgIpc) is 3.20. The number of aliphatic hydroxyl groups is 1. The van der Waals surface area contributed by atoms with Gasteiger partial charge in [-0.05, 0) is 43.4 Å². The zero-order chi connectivity index (χ0) is 20.6. The lowest BCUT2D eigenvalue weighted by Crippen LogP contribution is -2.37. The van der Waals surface area contributed by atoms with Crippen molar-refractivity contribution < 1.29 is 14.6 Å². The Labute approximate surface area is 170 Å². The van der Waals surface area contributed by atoms with Crippen LogP contribution in [0.3, 0.4) is 0 Å². The number of ether oxygens (including phenoxy) is 1. The molecule has 29 heavy (non-hydrogen) atoms. The number of aliphatic hydroxyl groups excluding tert-OH is 1. The van der Waals surface area contributed by atoms with E-state index >= 15 is 0 Å². The lowest BCUT2D eigenvalue weighted by Gasteiger charge is -2.15. The van der Waals surface area contributed by atoms with Crippen LogP contribution in [0.2, 0.25) is 0 Å². The molecule has 1 amide bonds. The number of nitrogens with zero attached hydrogens (tertiary/aromatic N) is 3. The largest absolute Gasteiger partial charge is 0.471 e. The molecule has 7 nitrogen and oxygen atoms in total. The third kappa shape index (κ3) is 6.17. The first-order valence-electron chi connectivity index (χ1n) is 9.44. The molecular weight excluding hydrogens is 368 g/mol. The predicted octanol–water partition coefficient (Wildman–Crippen LogP) is 2.24. The number of aromatic nitrogens is 2. The van der Waals surface area contributed by atoms with Gasteiger partial charge in [0.05, 0.1) is 6.10 Å². The van der Waals surface area contributed by atoms with E-state index in [2.05, 4.69) is 22.5 Å². The van der Waals surface area contributed by atoms with Gasteiger partial charge in [0, 0.05) is 19.3 Å². The number of likely N-dealkylation sites (N-methyl/N-ethyl adjacent to an activating group) is 1. The molecule has 1 atom stereocenters. The van der Waals surface area contributed by atoms with Gasteiger partial charge >= 0.3 is 0 Å². The molecule has 0 radical (unpaired) electrons. The van der Waals surface area contributed by atoms with E-state index < -0.39 is 6.10 Å². The molecule has 7 heteroatoms. The Morgan fingerprint density at radius 2 is 1.79 bits per heavy atom. The highest BCUT2D eigenvalue weighted by molar-refractivity contribution is 5.92. The first kappa shape index (κ1) is 20.6. The van der Waals surface area contributed by atoms with Crippen LogP contribution < -0.4 is 10.1 Å². The van der Waals surface area contributed by atoms with E-state index in [-0.39, 0.29) is 24.9 Å². The summed E-state index contributed by atoms with van der Waals surface area (Å²) in [5.74, 6) is 0.395. The Morgan fingerprint density at radius 3 is 2.48 bits per heavy atom. The standard InChI is InChI=1S/C22H26N4O3/c1-25(2)15-19(27)14-23-22(28)21-12-13-26(24-21)16-29-20-10-8-18(9-11-20)17-6-4-3-5-7-17/h3-13,19,27H,14-16H2,1-2H3,(H,23,28). The molecule has 3 rings (SSSR count). The van der Waals surface area contributed by atoms with Gasteiger partial charge in [-0.1, -0.05) is 42.5 Å². The average molecular weight is 394 g/mol. The molecule has 0 aliphatic carbocycles. The molecule has 2 aromatic carbocycles. The van der Waals surface area contributed by atoms with Gasteiger partial charge in [0.25, 0.3) is 5.91 Å². The molecule has 2 N–H and O–H groups in total. The summed E-state index contributed by atoms with van der Waals surface area (Å²) in [5, 5.41) is 16.7. The minimum Gasteiger partial charge on any atom is -0.471 e. The summed E-state index contributed by atoms with van der Waals surface area (Å²) in [4.78, 5) is 14.0. The van der Waals surface area contributed by atoms with Gasteiger partial charge in [-0.2, -0.15) is 5.10 Å². The molecule has 1 heterocycles. The molecule has 0 spiro atoms. The van der Waals surface area contributed by atoms with Crippen LogP contribution in [-0.2, 0) is 6.73 Å². The van der Waals surface area contributed by atoms with Crippen LogP contribution >= 0.6 is 0 Å². The first-order valence-corrected chi connectivity index (χ1v) is 9.44. The Morgan fingerprint density at radius 1 is 1.10 bits per heavy atom. The molecule has 1 unspecified atom stereocenters. The van der Waals surface area contributed by atoms with Crippen LogP contribution in [0.15, 0.2) is 66.9 Å². The smallest absolute Gasteiger partial charge is 0.271 e. The SMILES string of the molecule is CN(C)CC(O)CNC(=O)c1ccn(COc2ccc(-c3ccccc3)cc2)n1. The topological polar surface area (TPSA) is 79.6 Å². The molecule has 0 aliphatic heterocycles. The van der Waals surface area contributed by atoms with E-state index in [1.165, 1.54) is 0 Å². The lowest BCUT2D eigenvalue weighted by molar-refractivity contribution is 0.0885. The Balaban J connectivity index is 1.49. The van der Waals surface area contributed by atoms with Crippen molar-refractivity contribution in [3.05, 3.63) is 72.6 Å². The quantitative estimate of drug-likeness (QED) is 0.582. The zero-order valence-electron chi connectivity index (χ0n) is 16.7. The maximum Gasteiger partial charge on any atom is 0.271 e. The Bertz CT molecular complexity index is 907. The Hall–Kier alpha value is -3.16. The van der Waals surface area contributed by atoms with Gasteiger partial charge in [-0.15, -0.1) is 0 Å². The second-order valence-electron chi connectivity index (χ2n) is 7.03. The molecule has 0 saturated heterocycles. The van der Waals surface area contributed by atoms with Crippen LogP contribution in [0.5, 0.6) is 5.75 Å². The van der Waals surface area contributed by atoms with E-state index in [4.69, 9.17) is 4.74 Å². The van der Waals surface area contributed by atoms with Crippen LogP contribution in [0, 0.1) is 0 Å². The van der Waals surface area contributed by atoms with Gasteiger partial charge in [0.15, 0.2) is 6.73 Å². The highest BCUT2D eigenvalue weighted by atomic mass is 16.5. The van der Waals surface area contributed by atoms with Crippen LogP contribution in [0.25, 0.3) is 11.1 Å². The molecule has 1 aromatic heterocycles. The number of carbonyl (C=O) groups is 1. The number of nitrogens with one attached hydrogen (secondary N) is 1. The van der Waals surface area contributed by atoms with Gasteiger partial charge in [0.2, 0.25) is 0 Å². The number of hydrogen-bond donors (Lipinski definition) is 2. The fourth-order valence-electron chi connectivity index (χ4n) is 2.86. The van der Waals surface area contributed by atoms with Crippen LogP contribution in [0.4, 0.5) is 0 Å². The maximum absolute atomic E-state index is 12.1. The van der Waals surface area contributed by atoms with Crippen LogP contribution in [0.1, 0.15) is 10.5 Å². The number of rotatable bonds is 9. The number of amides is 1. The van der Waals surface area contributed by atoms with Crippen molar-refractivity contribution in [1.29, 1.82) is 0 Å². The second kappa shape index (κ2) is 9.86. The van der Waals surface area contributed by atoms with Crippen molar-refractivity contribution in [2.24, 2.45) is 0 Å². The van der Waals surface area contributed by atoms with E-state index in [0.717, 1.165) is 16.9 Å². The minimum atomic E-state index is -0.627. The van der Waals surface area contributed by atoms with Gasteiger partial charge in [-0.25, -0.2) is 4.68 Å². The van der Waals surface area contributed by atoms with Crippen molar-refractivity contribution in [2.45, 2.75) is 12.8 Å². The molecule has 0 bridgehead atoms. The van der Waals surface area contributed by atoms with E-state index in [1.807, 2.05) is 61.5 Å². The zero-order valence-corrected chi connectivity index (χ0v) is 16.7. The third-order valence-electron chi connectivity index (χ3n) is 4.27. The molecule has 152 valence electrons. The normalized spacial score (nSPS) is 12.0. The summed E-state index contributed by atoms with van der Waals surface area (Å²) in [7, 11) is 3.73. The summed E-state index contributed by atoms with van der Waals surface area (Å²) >= 11 is 0. The highest BCUT2D eigenvalue weighted by Crippen LogP contribution is 2.22. The van der Waals surface area contributed by atoms with Crippen molar-refractivity contribution in [3.8, 4) is 16.9 Å². The maximum atomic E-state index is 12.1. The Kier molecular flexibility index (Phi) is 6.99. The summed E-state index contributed by atoms with van der Waals surface area (Å²) < 4.78 is 7.29. The minimum absolute atomic E-state index is 0.175. The molecule has 0 saturated carbocycles. The van der Waals surface area contributed by atoms with E-state index in [0.29, 0.717) is 6.54 Å². The van der Waals surface area contributed by atoms with Crippen molar-refractivity contribution >= 4 is 5.91 Å². The number of carbonyl (C=O) groups excluding carboxylic acids is 1. The van der Waals surface area contributed by atoms with E-state index in [9.17, 15) is 9.90 Å². The summed E-state index contributed by atoms with van der Waals surface area (Å²) in [6.45, 7) is 0.848. The van der Waals surface area contributed by atoms with Crippen molar-refractivity contribution in [3.63, 3.8) is 0 Å². The van der Waals surface area contributed by atoms with E-state index in [1.54, 1.807) is 16.9 Å². The van der Waals surface area contributed by atoms with Gasteiger partial charge in [-0.3, -0.25) is 4.79 Å². The summed E-state index contributed by atoms with van der Waals surface area (Å²) in [6.07, 6.45) is 1.06. The van der Waals surface area contributed by atoms with Crippen LogP contribution in [-0.4, -0.2) is 59.0 Å². The predicted molar refractivity (Wildman–Crippen MR) is 112 cm³/mol. The highest BCUT2D eigenvalue weighted by Gasteiger charge is 2.12. The molecular formula is C22H26N4O3. The number of benzene rings is 2. The third-order valence-corrected chi connectivity index (χ3v) is 4.27. The monoisotopic (exact) mass is 394 g/mol. The molecule has 0 fully saturated rings. The summed E-state index contributed by atoms with van der Waals surface area (Å²) in [6, 6.07) is 19.6. The fourth-order valence-corrected chi connectivity index (χ4v) is 2.86. The molecule has 3 aromatic rings. The molecule has 0 aliphatic rings. The fraction of sp³-hybridized carbons (Fsp3) is 0.273. The number of hydrogen-bond acceptors (Lipinski definition) is 5. The van der Waals surface area contributed by atoms with Gasteiger partial charge in [0.1, 0.15) is 11.4 Å². The lowest BCUT2D eigenvalue weighted by atomic mass is 10.1. The van der Waals surface area contributed by atoms with Gasteiger partial charge < -0.3 is 20.1 Å². The second-order valence-corrected chi connectivity index (χ2v) is 7.03.